The van der Waals surface area contributed by atoms with E-state index in [0.717, 1.165) is 12.0 Å². The molecule has 0 saturated heterocycles. The van der Waals surface area contributed by atoms with Crippen molar-refractivity contribution >= 4 is 17.9 Å². The van der Waals surface area contributed by atoms with Gasteiger partial charge in [-0.3, -0.25) is 4.79 Å². The quantitative estimate of drug-likeness (QED) is 0.440. The van der Waals surface area contributed by atoms with Crippen LogP contribution in [0.2, 0.25) is 0 Å². The predicted molar refractivity (Wildman–Crippen MR) is 139 cm³/mol. The van der Waals surface area contributed by atoms with Gasteiger partial charge in [0, 0.05) is 17.9 Å². The Balaban J connectivity index is 1.29. The molecule has 0 bridgehead atoms. The zero-order valence-corrected chi connectivity index (χ0v) is 22.7. The largest absolute Gasteiger partial charge is 0.468 e. The zero-order chi connectivity index (χ0) is 27.6. The predicted octanol–water partition coefficient (Wildman–Crippen LogP) is 3.74. The summed E-state index contributed by atoms with van der Waals surface area (Å²) >= 11 is 0. The number of fused-ring (bicyclic) bond motifs is 5. The van der Waals surface area contributed by atoms with Gasteiger partial charge in [-0.05, 0) is 86.8 Å². The minimum absolute atomic E-state index is 0.0397. The molecule has 39 heavy (non-hydrogen) atoms. The Kier molecular flexibility index (Phi) is 6.23. The Morgan fingerprint density at radius 1 is 0.974 bits per heavy atom. The number of carbonyl (C=O) groups excluding carboxylic acids is 3. The summed E-state index contributed by atoms with van der Waals surface area (Å²) in [6.07, 6.45) is 5.53. The molecule has 8 nitrogen and oxygen atoms in total. The lowest BCUT2D eigenvalue weighted by Gasteiger charge is -2.65. The van der Waals surface area contributed by atoms with Crippen molar-refractivity contribution in [1.82, 2.24) is 0 Å². The van der Waals surface area contributed by atoms with E-state index < -0.39 is 40.1 Å². The average molecular weight is 539 g/mol. The van der Waals surface area contributed by atoms with Crippen LogP contribution >= 0.6 is 0 Å². The number of esters is 3. The first-order valence-electron chi connectivity index (χ1n) is 14.2. The second kappa shape index (κ2) is 9.16. The van der Waals surface area contributed by atoms with Gasteiger partial charge in [-0.2, -0.15) is 0 Å². The molecule has 0 amide bonds. The fraction of sp³-hybridized carbons (Fsp3) is 0.645. The van der Waals surface area contributed by atoms with Crippen LogP contribution in [0.3, 0.4) is 0 Å². The standard InChI is InChI=1S/C31H38O8/c1-28-12-9-23-24(31(28,36)15-11-22(28)20-16-25(32)38-18-20)10-13-29(35)17-21(8-14-30(23,29)27(34)37-2)39-26(33)19-6-4-3-5-7-19/h3-7,16,21-24,35-36H,8-15,17-18H2,1-2H3/t21-,22-,23-,24+,28-,29+,30+,31+/m0/s1. The summed E-state index contributed by atoms with van der Waals surface area (Å²) in [6.45, 7) is 2.40. The molecule has 6 rings (SSSR count). The Hall–Kier alpha value is -2.71. The first-order valence-corrected chi connectivity index (χ1v) is 14.2. The lowest BCUT2D eigenvalue weighted by molar-refractivity contribution is -0.261. The number of ether oxygens (including phenoxy) is 3. The van der Waals surface area contributed by atoms with Crippen LogP contribution in [-0.2, 0) is 23.8 Å². The summed E-state index contributed by atoms with van der Waals surface area (Å²) in [5.41, 5.74) is -2.67. The number of cyclic esters (lactones) is 1. The molecule has 4 aliphatic carbocycles. The third-order valence-corrected chi connectivity index (χ3v) is 11.4. The average Bonchev–Trinajstić information content (AvgIpc) is 3.47. The molecule has 0 radical (unpaired) electrons. The fourth-order valence-corrected chi connectivity index (χ4v) is 9.53. The van der Waals surface area contributed by atoms with E-state index in [1.165, 1.54) is 7.11 Å². The van der Waals surface area contributed by atoms with Crippen molar-refractivity contribution in [2.45, 2.75) is 82.0 Å². The smallest absolute Gasteiger partial charge is 0.338 e. The Labute approximate surface area is 228 Å². The highest BCUT2D eigenvalue weighted by molar-refractivity contribution is 5.89. The molecular weight excluding hydrogens is 500 g/mol. The van der Waals surface area contributed by atoms with E-state index >= 15 is 0 Å². The van der Waals surface area contributed by atoms with Crippen molar-refractivity contribution < 1.29 is 38.8 Å². The molecular formula is C31H38O8. The minimum Gasteiger partial charge on any atom is -0.468 e. The Morgan fingerprint density at radius 3 is 2.41 bits per heavy atom. The maximum atomic E-state index is 13.7. The fourth-order valence-electron chi connectivity index (χ4n) is 9.53. The molecule has 210 valence electrons. The third kappa shape index (κ3) is 3.67. The molecule has 1 aliphatic heterocycles. The van der Waals surface area contributed by atoms with Crippen LogP contribution in [0, 0.1) is 28.6 Å². The van der Waals surface area contributed by atoms with Crippen LogP contribution in [0.1, 0.15) is 75.1 Å². The van der Waals surface area contributed by atoms with Gasteiger partial charge in [-0.1, -0.05) is 25.1 Å². The highest BCUT2D eigenvalue weighted by Gasteiger charge is 2.74. The van der Waals surface area contributed by atoms with Crippen molar-refractivity contribution in [2.24, 2.45) is 28.6 Å². The SMILES string of the molecule is COC(=O)[C@]12CC[C@H](OC(=O)c3ccccc3)C[C@]1(O)CC[C@@H]1[C@@H]2CC[C@@]2(C)[C@H](C3=CC(=O)OC3)CC[C@@]12O. The second-order valence-corrected chi connectivity index (χ2v) is 12.7. The van der Waals surface area contributed by atoms with Gasteiger partial charge in [0.2, 0.25) is 0 Å². The molecule has 1 heterocycles. The highest BCUT2D eigenvalue weighted by atomic mass is 16.5. The van der Waals surface area contributed by atoms with Crippen LogP contribution in [0.25, 0.3) is 0 Å². The molecule has 4 saturated carbocycles. The lowest BCUT2D eigenvalue weighted by atomic mass is 9.41. The molecule has 1 aromatic rings. The van der Waals surface area contributed by atoms with Gasteiger partial charge in [-0.25, -0.2) is 9.59 Å². The first-order chi connectivity index (χ1) is 18.6. The summed E-state index contributed by atoms with van der Waals surface area (Å²) < 4.78 is 16.4. The summed E-state index contributed by atoms with van der Waals surface area (Å²) in [6, 6.07) is 8.77. The molecule has 4 fully saturated rings. The minimum atomic E-state index is -1.41. The number of hydrogen-bond acceptors (Lipinski definition) is 8. The zero-order valence-electron chi connectivity index (χ0n) is 22.7. The van der Waals surface area contributed by atoms with Crippen LogP contribution < -0.4 is 0 Å². The van der Waals surface area contributed by atoms with E-state index in [1.807, 2.05) is 6.07 Å². The molecule has 2 N–H and O–H groups in total. The monoisotopic (exact) mass is 538 g/mol. The number of hydrogen-bond donors (Lipinski definition) is 2. The molecule has 0 aromatic heterocycles. The highest BCUT2D eigenvalue weighted by Crippen LogP contribution is 2.71. The number of benzene rings is 1. The number of carbonyl (C=O) groups is 3. The molecule has 8 atom stereocenters. The van der Waals surface area contributed by atoms with Crippen molar-refractivity contribution in [1.29, 1.82) is 0 Å². The molecule has 5 aliphatic rings. The van der Waals surface area contributed by atoms with E-state index in [-0.39, 0.29) is 36.8 Å². The number of methoxy groups -OCH3 is 1. The van der Waals surface area contributed by atoms with Gasteiger partial charge in [0.05, 0.1) is 29.3 Å². The molecule has 1 aromatic carbocycles. The number of aliphatic hydroxyl groups is 2. The van der Waals surface area contributed by atoms with Crippen molar-refractivity contribution in [3.05, 3.63) is 47.5 Å². The van der Waals surface area contributed by atoms with E-state index in [0.29, 0.717) is 50.5 Å². The van der Waals surface area contributed by atoms with Gasteiger partial charge in [0.25, 0.3) is 0 Å². The van der Waals surface area contributed by atoms with Crippen LogP contribution in [0.5, 0.6) is 0 Å². The van der Waals surface area contributed by atoms with Crippen molar-refractivity contribution in [2.75, 3.05) is 13.7 Å². The summed E-state index contributed by atoms with van der Waals surface area (Å²) in [7, 11) is 1.36. The summed E-state index contributed by atoms with van der Waals surface area (Å²) in [4.78, 5) is 38.3. The van der Waals surface area contributed by atoms with E-state index in [4.69, 9.17) is 14.2 Å². The Morgan fingerprint density at radius 2 is 1.72 bits per heavy atom. The first kappa shape index (κ1) is 26.5. The van der Waals surface area contributed by atoms with Gasteiger partial charge in [-0.15, -0.1) is 0 Å². The second-order valence-electron chi connectivity index (χ2n) is 12.7. The van der Waals surface area contributed by atoms with Crippen LogP contribution in [0.15, 0.2) is 42.0 Å². The Bertz CT molecular complexity index is 1210. The van der Waals surface area contributed by atoms with Gasteiger partial charge >= 0.3 is 17.9 Å². The topological polar surface area (TPSA) is 119 Å². The number of rotatable bonds is 4. The maximum absolute atomic E-state index is 13.7. The normalized spacial score (nSPS) is 42.9. The van der Waals surface area contributed by atoms with Gasteiger partial charge in [0.1, 0.15) is 12.7 Å². The summed E-state index contributed by atoms with van der Waals surface area (Å²) in [5, 5.41) is 24.7. The van der Waals surface area contributed by atoms with Crippen LogP contribution in [-0.4, -0.2) is 59.1 Å². The lowest BCUT2D eigenvalue weighted by Crippen LogP contribution is -2.70. The third-order valence-electron chi connectivity index (χ3n) is 11.4. The van der Waals surface area contributed by atoms with Gasteiger partial charge < -0.3 is 24.4 Å². The molecule has 0 unspecified atom stereocenters. The van der Waals surface area contributed by atoms with Gasteiger partial charge in [0.15, 0.2) is 0 Å². The van der Waals surface area contributed by atoms with E-state index in [9.17, 15) is 24.6 Å². The molecule has 8 heteroatoms. The summed E-state index contributed by atoms with van der Waals surface area (Å²) in [5.74, 6) is -1.61. The maximum Gasteiger partial charge on any atom is 0.338 e. The van der Waals surface area contributed by atoms with Crippen molar-refractivity contribution in [3.63, 3.8) is 0 Å². The van der Waals surface area contributed by atoms with Crippen LogP contribution in [0.4, 0.5) is 0 Å². The molecule has 0 spiro atoms. The van der Waals surface area contributed by atoms with E-state index in [1.54, 1.807) is 30.3 Å². The van der Waals surface area contributed by atoms with E-state index in [2.05, 4.69) is 6.92 Å². The van der Waals surface area contributed by atoms with Crippen molar-refractivity contribution in [3.8, 4) is 0 Å².